The van der Waals surface area contributed by atoms with Gasteiger partial charge in [-0.15, -0.1) is 0 Å². The number of sulfone groups is 1. The second-order valence-corrected chi connectivity index (χ2v) is 8.00. The maximum absolute atomic E-state index is 12.4. The molecule has 0 bridgehead atoms. The fourth-order valence-electron chi connectivity index (χ4n) is 3.25. The number of amides is 2. The van der Waals surface area contributed by atoms with Gasteiger partial charge < -0.3 is 9.64 Å². The van der Waals surface area contributed by atoms with Crippen molar-refractivity contribution in [3.8, 4) is 0 Å². The van der Waals surface area contributed by atoms with Crippen molar-refractivity contribution in [2.24, 2.45) is 13.0 Å². The number of esters is 1. The number of aromatic nitrogens is 2. The summed E-state index contributed by atoms with van der Waals surface area (Å²) in [6.45, 7) is 0.521. The Morgan fingerprint density at radius 1 is 1.39 bits per heavy atom. The first-order chi connectivity index (χ1) is 10.8. The molecule has 2 amide bonds. The van der Waals surface area contributed by atoms with Gasteiger partial charge in [-0.25, -0.2) is 18.0 Å². The molecule has 2 aliphatic heterocycles. The van der Waals surface area contributed by atoms with Crippen LogP contribution in [0, 0.1) is 5.92 Å². The third kappa shape index (κ3) is 2.90. The van der Waals surface area contributed by atoms with Crippen molar-refractivity contribution in [3.63, 3.8) is 0 Å². The lowest BCUT2D eigenvalue weighted by atomic mass is 10.1. The van der Waals surface area contributed by atoms with Crippen LogP contribution in [0.15, 0.2) is 6.07 Å². The standard InChI is InChI=1S/C13H18N4O5S/c1-16-9(12(18)22-2)5-11(15-16)14-13(19)17-4-3-8-6-23(20,21)7-10(8)17/h5,8,10H,3-4,6-7H2,1-2H3,(H,14,15,19)/t8-,10+/m1/s1. The van der Waals surface area contributed by atoms with Crippen molar-refractivity contribution in [3.05, 3.63) is 11.8 Å². The second-order valence-electron chi connectivity index (χ2n) is 5.85. The molecule has 0 unspecified atom stereocenters. The van der Waals surface area contributed by atoms with Gasteiger partial charge in [-0.1, -0.05) is 0 Å². The highest BCUT2D eigenvalue weighted by molar-refractivity contribution is 7.91. The number of nitrogens with zero attached hydrogens (tertiary/aromatic N) is 3. The molecule has 0 radical (unpaired) electrons. The van der Waals surface area contributed by atoms with Crippen molar-refractivity contribution < 1.29 is 22.7 Å². The highest BCUT2D eigenvalue weighted by Crippen LogP contribution is 2.33. The normalized spacial score (nSPS) is 25.2. The Labute approximate surface area is 133 Å². The largest absolute Gasteiger partial charge is 0.464 e. The zero-order valence-corrected chi connectivity index (χ0v) is 13.7. The van der Waals surface area contributed by atoms with Crippen molar-refractivity contribution in [2.75, 3.05) is 30.5 Å². The predicted octanol–water partition coefficient (Wildman–Crippen LogP) is -0.142. The van der Waals surface area contributed by atoms with E-state index in [0.717, 1.165) is 0 Å². The van der Waals surface area contributed by atoms with Crippen molar-refractivity contribution in [2.45, 2.75) is 12.5 Å². The van der Waals surface area contributed by atoms with Crippen LogP contribution in [0.2, 0.25) is 0 Å². The molecule has 1 aromatic heterocycles. The lowest BCUT2D eigenvalue weighted by Crippen LogP contribution is -2.41. The van der Waals surface area contributed by atoms with Gasteiger partial charge in [0.2, 0.25) is 0 Å². The van der Waals surface area contributed by atoms with Crippen LogP contribution < -0.4 is 5.32 Å². The molecule has 0 aliphatic carbocycles. The number of urea groups is 1. The summed E-state index contributed by atoms with van der Waals surface area (Å²) in [5.41, 5.74) is 0.213. The molecule has 3 heterocycles. The number of carbonyl (C=O) groups excluding carboxylic acids is 2. The van der Waals surface area contributed by atoms with E-state index >= 15 is 0 Å². The number of fused-ring (bicyclic) bond motifs is 1. The van der Waals surface area contributed by atoms with E-state index in [1.54, 1.807) is 11.9 Å². The average molecular weight is 342 g/mol. The predicted molar refractivity (Wildman–Crippen MR) is 80.8 cm³/mol. The Kier molecular flexibility index (Phi) is 3.78. The molecule has 3 rings (SSSR count). The number of carbonyl (C=O) groups is 2. The van der Waals surface area contributed by atoms with Crippen molar-refractivity contribution >= 4 is 27.7 Å². The van der Waals surface area contributed by atoms with Crippen LogP contribution in [0.25, 0.3) is 0 Å². The van der Waals surface area contributed by atoms with E-state index in [0.29, 0.717) is 13.0 Å². The lowest BCUT2D eigenvalue weighted by Gasteiger charge is -2.22. The van der Waals surface area contributed by atoms with Gasteiger partial charge in [0.05, 0.1) is 24.7 Å². The number of hydrogen-bond donors (Lipinski definition) is 1. The molecule has 2 aliphatic rings. The van der Waals surface area contributed by atoms with Gasteiger partial charge in [-0.2, -0.15) is 5.10 Å². The van der Waals surface area contributed by atoms with Gasteiger partial charge in [0.25, 0.3) is 0 Å². The quantitative estimate of drug-likeness (QED) is 0.749. The van der Waals surface area contributed by atoms with Crippen molar-refractivity contribution in [1.82, 2.24) is 14.7 Å². The maximum atomic E-state index is 12.4. The highest BCUT2D eigenvalue weighted by Gasteiger charge is 2.46. The Morgan fingerprint density at radius 2 is 2.13 bits per heavy atom. The van der Waals surface area contributed by atoms with E-state index < -0.39 is 21.8 Å². The summed E-state index contributed by atoms with van der Waals surface area (Å²) < 4.78 is 29.3. The highest BCUT2D eigenvalue weighted by atomic mass is 32.2. The molecule has 1 N–H and O–H groups in total. The van der Waals surface area contributed by atoms with Crippen LogP contribution in [0.1, 0.15) is 16.9 Å². The first-order valence-electron chi connectivity index (χ1n) is 7.21. The molecule has 0 saturated carbocycles. The molecule has 1 aromatic rings. The molecule has 126 valence electrons. The van der Waals surface area contributed by atoms with E-state index in [1.807, 2.05) is 0 Å². The summed E-state index contributed by atoms with van der Waals surface area (Å²) in [7, 11) is -0.235. The first-order valence-corrected chi connectivity index (χ1v) is 9.03. The van der Waals surface area contributed by atoms with Crippen LogP contribution in [0.4, 0.5) is 10.6 Å². The van der Waals surface area contributed by atoms with Crippen molar-refractivity contribution in [1.29, 1.82) is 0 Å². The lowest BCUT2D eigenvalue weighted by molar-refractivity contribution is 0.0588. The van der Waals surface area contributed by atoms with Gasteiger partial charge in [0, 0.05) is 19.7 Å². The topological polar surface area (TPSA) is 111 Å². The molecule has 0 aromatic carbocycles. The zero-order valence-electron chi connectivity index (χ0n) is 12.9. The average Bonchev–Trinajstić information content (AvgIpc) is 3.09. The van der Waals surface area contributed by atoms with E-state index in [2.05, 4.69) is 15.2 Å². The molecular formula is C13H18N4O5S. The Bertz CT molecular complexity index is 756. The molecule has 23 heavy (non-hydrogen) atoms. The number of hydrogen-bond acceptors (Lipinski definition) is 6. The van der Waals surface area contributed by atoms with Crippen LogP contribution in [-0.4, -0.2) is 66.3 Å². The maximum Gasteiger partial charge on any atom is 0.356 e. The van der Waals surface area contributed by atoms with Gasteiger partial charge in [0.1, 0.15) is 5.69 Å². The zero-order chi connectivity index (χ0) is 16.8. The summed E-state index contributed by atoms with van der Waals surface area (Å²) in [6, 6.07) is 0.746. The third-order valence-corrected chi connectivity index (χ3v) is 6.13. The molecule has 2 fully saturated rings. The monoisotopic (exact) mass is 342 g/mol. The van der Waals surface area contributed by atoms with Crippen LogP contribution >= 0.6 is 0 Å². The summed E-state index contributed by atoms with van der Waals surface area (Å²) >= 11 is 0. The van der Waals surface area contributed by atoms with Crippen LogP contribution in [0.5, 0.6) is 0 Å². The van der Waals surface area contributed by atoms with Crippen LogP contribution in [0.3, 0.4) is 0 Å². The Balaban J connectivity index is 1.72. The number of anilines is 1. The van der Waals surface area contributed by atoms with E-state index in [4.69, 9.17) is 0 Å². The van der Waals surface area contributed by atoms with E-state index in [9.17, 15) is 18.0 Å². The summed E-state index contributed by atoms with van der Waals surface area (Å²) in [4.78, 5) is 25.5. The fraction of sp³-hybridized carbons (Fsp3) is 0.615. The minimum Gasteiger partial charge on any atom is -0.464 e. The number of methoxy groups -OCH3 is 1. The molecule has 0 spiro atoms. The number of ether oxygens (including phenoxy) is 1. The molecule has 2 atom stereocenters. The Hall–Kier alpha value is -2.10. The Morgan fingerprint density at radius 3 is 2.83 bits per heavy atom. The first kappa shape index (κ1) is 15.8. The molecular weight excluding hydrogens is 324 g/mol. The second kappa shape index (κ2) is 5.52. The molecule has 9 nitrogen and oxygen atoms in total. The summed E-state index contributed by atoms with van der Waals surface area (Å²) in [6.07, 6.45) is 0.687. The summed E-state index contributed by atoms with van der Waals surface area (Å²) in [5.74, 6) is -0.149. The smallest absolute Gasteiger partial charge is 0.356 e. The van der Waals surface area contributed by atoms with Gasteiger partial charge in [0.15, 0.2) is 15.7 Å². The minimum atomic E-state index is -3.06. The SMILES string of the molecule is COC(=O)c1cc(NC(=O)N2CC[C@@H]3CS(=O)(=O)C[C@@H]32)nn1C. The third-order valence-electron chi connectivity index (χ3n) is 4.35. The number of likely N-dealkylation sites (tertiary alicyclic amines) is 1. The summed E-state index contributed by atoms with van der Waals surface area (Å²) in [5, 5.41) is 6.66. The number of rotatable bonds is 2. The van der Waals surface area contributed by atoms with E-state index in [-0.39, 0.29) is 35.0 Å². The fourth-order valence-corrected chi connectivity index (χ4v) is 5.40. The number of aryl methyl sites for hydroxylation is 1. The van der Waals surface area contributed by atoms with E-state index in [1.165, 1.54) is 17.9 Å². The molecule has 2 saturated heterocycles. The number of nitrogens with one attached hydrogen (secondary N) is 1. The van der Waals surface area contributed by atoms with Gasteiger partial charge >= 0.3 is 12.0 Å². The van der Waals surface area contributed by atoms with Crippen LogP contribution in [-0.2, 0) is 21.6 Å². The van der Waals surface area contributed by atoms with Gasteiger partial charge in [-0.05, 0) is 12.3 Å². The van der Waals surface area contributed by atoms with Gasteiger partial charge in [-0.3, -0.25) is 10.00 Å². The minimum absolute atomic E-state index is 0.0140. The molecule has 10 heteroatoms.